The molecule has 0 aliphatic carbocycles. The predicted octanol–water partition coefficient (Wildman–Crippen LogP) is 4.18. The van der Waals surface area contributed by atoms with Gasteiger partial charge in [0.15, 0.2) is 0 Å². The van der Waals surface area contributed by atoms with E-state index in [-0.39, 0.29) is 0 Å². The van der Waals surface area contributed by atoms with E-state index in [1.165, 1.54) is 22.1 Å². The Balaban J connectivity index is 2.20. The van der Waals surface area contributed by atoms with Crippen molar-refractivity contribution in [2.24, 2.45) is 5.41 Å². The Hall–Kier alpha value is -0.540. The van der Waals surface area contributed by atoms with Crippen LogP contribution in [0, 0.1) is 5.41 Å². The Labute approximate surface area is 125 Å². The molecule has 0 bridgehead atoms. The van der Waals surface area contributed by atoms with Crippen LogP contribution in [0.4, 0.5) is 5.69 Å². The van der Waals surface area contributed by atoms with Crippen LogP contribution in [-0.2, 0) is 6.54 Å². The van der Waals surface area contributed by atoms with Crippen LogP contribution in [0.25, 0.3) is 0 Å². The summed E-state index contributed by atoms with van der Waals surface area (Å²) in [7, 11) is 0. The van der Waals surface area contributed by atoms with Gasteiger partial charge in [-0.25, -0.2) is 0 Å². The Bertz CT molecular complexity index is 440. The Morgan fingerprint density at radius 1 is 1.37 bits per heavy atom. The molecule has 3 heteroatoms. The van der Waals surface area contributed by atoms with E-state index in [4.69, 9.17) is 0 Å². The molecule has 1 N–H and O–H groups in total. The van der Waals surface area contributed by atoms with E-state index in [1.54, 1.807) is 0 Å². The van der Waals surface area contributed by atoms with Gasteiger partial charge in [0.25, 0.3) is 0 Å². The molecule has 19 heavy (non-hydrogen) atoms. The number of nitrogens with one attached hydrogen (secondary N) is 1. The first-order valence-electron chi connectivity index (χ1n) is 7.14. The predicted molar refractivity (Wildman–Crippen MR) is 86.7 cm³/mol. The van der Waals surface area contributed by atoms with Crippen molar-refractivity contribution in [3.05, 3.63) is 28.2 Å². The molecule has 1 aromatic carbocycles. The van der Waals surface area contributed by atoms with Crippen LogP contribution in [0.2, 0.25) is 0 Å². The van der Waals surface area contributed by atoms with Crippen molar-refractivity contribution >= 4 is 21.6 Å². The number of anilines is 1. The average Bonchev–Trinajstić information content (AvgIpc) is 2.68. The second-order valence-corrected chi connectivity index (χ2v) is 7.56. The summed E-state index contributed by atoms with van der Waals surface area (Å²) in [6.45, 7) is 12.4. The average molecular weight is 325 g/mol. The van der Waals surface area contributed by atoms with E-state index < -0.39 is 0 Å². The van der Waals surface area contributed by atoms with E-state index in [0.717, 1.165) is 19.6 Å². The summed E-state index contributed by atoms with van der Waals surface area (Å²) in [5.74, 6) is 0. The standard InChI is InChI=1S/C16H25BrN2/c1-12(2)18-10-13-5-6-14(17)9-15(13)19-8-7-16(3,4)11-19/h5-6,9,12,18H,7-8,10-11H2,1-4H3. The second-order valence-electron chi connectivity index (χ2n) is 6.64. The SMILES string of the molecule is CC(C)NCc1ccc(Br)cc1N1CCC(C)(C)C1. The molecule has 0 atom stereocenters. The van der Waals surface area contributed by atoms with Gasteiger partial charge in [0, 0.05) is 35.8 Å². The second kappa shape index (κ2) is 5.84. The normalized spacial score (nSPS) is 18.3. The maximum absolute atomic E-state index is 3.60. The summed E-state index contributed by atoms with van der Waals surface area (Å²) in [5.41, 5.74) is 3.22. The van der Waals surface area contributed by atoms with E-state index in [0.29, 0.717) is 11.5 Å². The van der Waals surface area contributed by atoms with Gasteiger partial charge in [-0.2, -0.15) is 0 Å². The molecule has 0 radical (unpaired) electrons. The minimum Gasteiger partial charge on any atom is -0.371 e. The molecule has 1 fully saturated rings. The molecular formula is C16H25BrN2. The number of nitrogens with zero attached hydrogens (tertiary/aromatic N) is 1. The molecule has 0 aromatic heterocycles. The van der Waals surface area contributed by atoms with Crippen molar-refractivity contribution < 1.29 is 0 Å². The maximum atomic E-state index is 3.60. The van der Waals surface area contributed by atoms with Crippen LogP contribution in [0.15, 0.2) is 22.7 Å². The number of rotatable bonds is 4. The lowest BCUT2D eigenvalue weighted by Crippen LogP contribution is -2.26. The molecule has 1 saturated heterocycles. The van der Waals surface area contributed by atoms with Crippen molar-refractivity contribution in [2.45, 2.75) is 46.7 Å². The first-order chi connectivity index (χ1) is 8.87. The summed E-state index contributed by atoms with van der Waals surface area (Å²) in [6.07, 6.45) is 1.27. The zero-order valence-electron chi connectivity index (χ0n) is 12.5. The summed E-state index contributed by atoms with van der Waals surface area (Å²) < 4.78 is 1.17. The summed E-state index contributed by atoms with van der Waals surface area (Å²) in [6, 6.07) is 7.16. The minimum absolute atomic E-state index is 0.436. The van der Waals surface area contributed by atoms with E-state index >= 15 is 0 Å². The van der Waals surface area contributed by atoms with Crippen LogP contribution < -0.4 is 10.2 Å². The smallest absolute Gasteiger partial charge is 0.0423 e. The van der Waals surface area contributed by atoms with Gasteiger partial charge in [-0.15, -0.1) is 0 Å². The van der Waals surface area contributed by atoms with Gasteiger partial charge in [0.1, 0.15) is 0 Å². The summed E-state index contributed by atoms with van der Waals surface area (Å²) in [5, 5.41) is 3.52. The van der Waals surface area contributed by atoms with Crippen LogP contribution in [0.5, 0.6) is 0 Å². The van der Waals surface area contributed by atoms with Gasteiger partial charge in [-0.3, -0.25) is 0 Å². The monoisotopic (exact) mass is 324 g/mol. The Morgan fingerprint density at radius 2 is 2.11 bits per heavy atom. The Kier molecular flexibility index (Phi) is 4.57. The van der Waals surface area contributed by atoms with Crippen LogP contribution in [0.3, 0.4) is 0 Å². The van der Waals surface area contributed by atoms with E-state index in [9.17, 15) is 0 Å². The number of halogens is 1. The molecule has 106 valence electrons. The maximum Gasteiger partial charge on any atom is 0.0423 e. The third kappa shape index (κ3) is 3.96. The summed E-state index contributed by atoms with van der Waals surface area (Å²) >= 11 is 3.60. The first kappa shape index (κ1) is 14.9. The van der Waals surface area contributed by atoms with Gasteiger partial charge in [-0.1, -0.05) is 49.7 Å². The van der Waals surface area contributed by atoms with Crippen molar-refractivity contribution in [3.8, 4) is 0 Å². The van der Waals surface area contributed by atoms with Crippen molar-refractivity contribution in [2.75, 3.05) is 18.0 Å². The molecule has 0 amide bonds. The van der Waals surface area contributed by atoms with E-state index in [1.807, 2.05) is 0 Å². The topological polar surface area (TPSA) is 15.3 Å². The van der Waals surface area contributed by atoms with E-state index in [2.05, 4.69) is 72.0 Å². The van der Waals surface area contributed by atoms with Gasteiger partial charge < -0.3 is 10.2 Å². The lowest BCUT2D eigenvalue weighted by molar-refractivity contribution is 0.418. The van der Waals surface area contributed by atoms with Gasteiger partial charge >= 0.3 is 0 Å². The highest BCUT2D eigenvalue weighted by Gasteiger charge is 2.30. The zero-order chi connectivity index (χ0) is 14.0. The van der Waals surface area contributed by atoms with Crippen molar-refractivity contribution in [3.63, 3.8) is 0 Å². The molecule has 1 heterocycles. The fourth-order valence-corrected chi connectivity index (χ4v) is 2.96. The highest BCUT2D eigenvalue weighted by Crippen LogP contribution is 2.35. The molecule has 0 saturated carbocycles. The quantitative estimate of drug-likeness (QED) is 0.893. The first-order valence-corrected chi connectivity index (χ1v) is 7.93. The molecule has 2 rings (SSSR count). The molecule has 1 aliphatic rings. The fraction of sp³-hybridized carbons (Fsp3) is 0.625. The summed E-state index contributed by atoms with van der Waals surface area (Å²) in [4.78, 5) is 2.53. The highest BCUT2D eigenvalue weighted by atomic mass is 79.9. The van der Waals surface area contributed by atoms with Gasteiger partial charge in [0.2, 0.25) is 0 Å². The third-order valence-electron chi connectivity index (χ3n) is 3.77. The molecule has 1 aliphatic heterocycles. The molecular weight excluding hydrogens is 300 g/mol. The van der Waals surface area contributed by atoms with Crippen molar-refractivity contribution in [1.29, 1.82) is 0 Å². The lowest BCUT2D eigenvalue weighted by Gasteiger charge is -2.25. The molecule has 0 unspecified atom stereocenters. The third-order valence-corrected chi connectivity index (χ3v) is 4.26. The van der Waals surface area contributed by atoms with Gasteiger partial charge in [0.05, 0.1) is 0 Å². The molecule has 1 aromatic rings. The molecule has 0 spiro atoms. The van der Waals surface area contributed by atoms with Crippen LogP contribution in [-0.4, -0.2) is 19.1 Å². The zero-order valence-corrected chi connectivity index (χ0v) is 14.0. The Morgan fingerprint density at radius 3 is 2.68 bits per heavy atom. The minimum atomic E-state index is 0.436. The fourth-order valence-electron chi connectivity index (χ4n) is 2.61. The molecule has 2 nitrogen and oxygen atoms in total. The number of hydrogen-bond donors (Lipinski definition) is 1. The number of benzene rings is 1. The lowest BCUT2D eigenvalue weighted by atomic mass is 9.93. The van der Waals surface area contributed by atoms with Crippen molar-refractivity contribution in [1.82, 2.24) is 5.32 Å². The highest BCUT2D eigenvalue weighted by molar-refractivity contribution is 9.10. The van der Waals surface area contributed by atoms with Gasteiger partial charge in [-0.05, 0) is 29.5 Å². The largest absolute Gasteiger partial charge is 0.371 e. The number of hydrogen-bond acceptors (Lipinski definition) is 2. The van der Waals surface area contributed by atoms with Crippen LogP contribution in [0.1, 0.15) is 39.7 Å². The van der Waals surface area contributed by atoms with Crippen LogP contribution >= 0.6 is 15.9 Å².